The molecule has 0 radical (unpaired) electrons. The molecule has 0 spiro atoms. The zero-order valence-electron chi connectivity index (χ0n) is 7.93. The fourth-order valence-corrected chi connectivity index (χ4v) is 0.886. The van der Waals surface area contributed by atoms with Crippen molar-refractivity contribution in [2.75, 3.05) is 0 Å². The third kappa shape index (κ3) is 1.72. The van der Waals surface area contributed by atoms with E-state index in [9.17, 15) is 4.79 Å². The molecule has 0 aliphatic carbocycles. The van der Waals surface area contributed by atoms with Crippen LogP contribution in [0.5, 0.6) is 0 Å². The van der Waals surface area contributed by atoms with Crippen molar-refractivity contribution in [2.45, 2.75) is 33.1 Å². The highest BCUT2D eigenvalue weighted by Gasteiger charge is 2.15. The van der Waals surface area contributed by atoms with Crippen molar-refractivity contribution < 1.29 is 0 Å². The van der Waals surface area contributed by atoms with Crippen molar-refractivity contribution in [3.05, 3.63) is 27.7 Å². The molecule has 3 nitrogen and oxygen atoms in total. The molecule has 66 valence electrons. The van der Waals surface area contributed by atoms with E-state index in [1.165, 1.54) is 0 Å². The van der Waals surface area contributed by atoms with Gasteiger partial charge in [0.15, 0.2) is 0 Å². The molecule has 0 aromatic carbocycles. The van der Waals surface area contributed by atoms with Crippen molar-refractivity contribution in [3.63, 3.8) is 0 Å². The Balaban J connectivity index is 3.23. The van der Waals surface area contributed by atoms with Crippen LogP contribution in [0.2, 0.25) is 0 Å². The third-order valence-corrected chi connectivity index (χ3v) is 1.76. The topological polar surface area (TPSA) is 45.8 Å². The van der Waals surface area contributed by atoms with E-state index in [4.69, 9.17) is 0 Å². The summed E-state index contributed by atoms with van der Waals surface area (Å²) < 4.78 is 0. The first-order chi connectivity index (χ1) is 5.41. The highest BCUT2D eigenvalue weighted by molar-refractivity contribution is 5.16. The second kappa shape index (κ2) is 2.73. The molecule has 1 heterocycles. The van der Waals surface area contributed by atoms with E-state index in [1.54, 1.807) is 6.92 Å². The van der Waals surface area contributed by atoms with Gasteiger partial charge in [-0.15, -0.1) is 0 Å². The quantitative estimate of drug-likeness (QED) is 0.632. The van der Waals surface area contributed by atoms with Gasteiger partial charge in [-0.25, -0.2) is 5.10 Å². The standard InChI is InChI=1S/C9H14N2O/c1-6-5-7(9(2,3)4)10-11-8(6)12/h5H,1-4H3,(H,11,12). The van der Waals surface area contributed by atoms with E-state index >= 15 is 0 Å². The lowest BCUT2D eigenvalue weighted by Gasteiger charge is -2.16. The summed E-state index contributed by atoms with van der Waals surface area (Å²) in [4.78, 5) is 11.0. The monoisotopic (exact) mass is 166 g/mol. The van der Waals surface area contributed by atoms with Gasteiger partial charge in [0.05, 0.1) is 5.69 Å². The third-order valence-electron chi connectivity index (χ3n) is 1.76. The van der Waals surface area contributed by atoms with Gasteiger partial charge < -0.3 is 0 Å². The van der Waals surface area contributed by atoms with Crippen molar-refractivity contribution in [3.8, 4) is 0 Å². The molecule has 0 atom stereocenters. The lowest BCUT2D eigenvalue weighted by atomic mass is 9.91. The van der Waals surface area contributed by atoms with Crippen LogP contribution in [0.15, 0.2) is 10.9 Å². The fraction of sp³-hybridized carbons (Fsp3) is 0.556. The molecule has 0 saturated heterocycles. The number of rotatable bonds is 0. The molecule has 12 heavy (non-hydrogen) atoms. The number of nitrogens with one attached hydrogen (secondary N) is 1. The first kappa shape index (κ1) is 8.97. The molecular formula is C9H14N2O. The molecule has 0 aliphatic heterocycles. The molecular weight excluding hydrogens is 152 g/mol. The van der Waals surface area contributed by atoms with Crippen LogP contribution in [0.3, 0.4) is 0 Å². The number of aryl methyl sites for hydroxylation is 1. The van der Waals surface area contributed by atoms with Crippen molar-refractivity contribution in [2.24, 2.45) is 0 Å². The highest BCUT2D eigenvalue weighted by atomic mass is 16.1. The lowest BCUT2D eigenvalue weighted by Crippen LogP contribution is -2.20. The number of hydrogen-bond donors (Lipinski definition) is 1. The predicted molar refractivity (Wildman–Crippen MR) is 48.3 cm³/mol. The van der Waals surface area contributed by atoms with E-state index in [1.807, 2.05) is 6.07 Å². The molecule has 3 heteroatoms. The number of hydrogen-bond acceptors (Lipinski definition) is 2. The average molecular weight is 166 g/mol. The number of aromatic nitrogens is 2. The Bertz CT molecular complexity index is 333. The number of aromatic amines is 1. The molecule has 1 rings (SSSR count). The number of nitrogens with zero attached hydrogens (tertiary/aromatic N) is 1. The summed E-state index contributed by atoms with van der Waals surface area (Å²) in [5.41, 5.74) is 1.52. The van der Waals surface area contributed by atoms with Crippen LogP contribution in [0.4, 0.5) is 0 Å². The Morgan fingerprint density at radius 2 is 2.00 bits per heavy atom. The Morgan fingerprint density at radius 3 is 2.42 bits per heavy atom. The zero-order valence-corrected chi connectivity index (χ0v) is 7.93. The van der Waals surface area contributed by atoms with Gasteiger partial charge in [-0.2, -0.15) is 5.10 Å². The van der Waals surface area contributed by atoms with Gasteiger partial charge in [-0.05, 0) is 13.0 Å². The lowest BCUT2D eigenvalue weighted by molar-refractivity contribution is 0.556. The first-order valence-corrected chi connectivity index (χ1v) is 3.98. The largest absolute Gasteiger partial charge is 0.268 e. The maximum Gasteiger partial charge on any atom is 0.267 e. The van der Waals surface area contributed by atoms with E-state index in [2.05, 4.69) is 31.0 Å². The normalized spacial score (nSPS) is 11.7. The van der Waals surface area contributed by atoms with Crippen LogP contribution in [0, 0.1) is 6.92 Å². The predicted octanol–water partition coefficient (Wildman–Crippen LogP) is 1.38. The van der Waals surface area contributed by atoms with Gasteiger partial charge in [0.1, 0.15) is 0 Å². The second-order valence-corrected chi connectivity index (χ2v) is 4.02. The maximum atomic E-state index is 11.0. The minimum absolute atomic E-state index is 0.00500. The van der Waals surface area contributed by atoms with Crippen LogP contribution in [-0.4, -0.2) is 10.2 Å². The summed E-state index contributed by atoms with van der Waals surface area (Å²) in [6.45, 7) is 7.98. The molecule has 1 aromatic heterocycles. The minimum Gasteiger partial charge on any atom is -0.268 e. The van der Waals surface area contributed by atoms with Crippen LogP contribution in [0.1, 0.15) is 32.0 Å². The van der Waals surface area contributed by atoms with E-state index in [0.29, 0.717) is 0 Å². The van der Waals surface area contributed by atoms with E-state index < -0.39 is 0 Å². The summed E-state index contributed by atoms with van der Waals surface area (Å²) in [7, 11) is 0. The van der Waals surface area contributed by atoms with Crippen molar-refractivity contribution in [1.82, 2.24) is 10.2 Å². The SMILES string of the molecule is Cc1cc(C(C)(C)C)n[nH]c1=O. The van der Waals surface area contributed by atoms with Gasteiger partial charge in [0, 0.05) is 11.0 Å². The van der Waals surface area contributed by atoms with Crippen LogP contribution >= 0.6 is 0 Å². The highest BCUT2D eigenvalue weighted by Crippen LogP contribution is 2.18. The minimum atomic E-state index is -0.108. The van der Waals surface area contributed by atoms with Gasteiger partial charge in [-0.1, -0.05) is 20.8 Å². The van der Waals surface area contributed by atoms with Gasteiger partial charge in [0.2, 0.25) is 0 Å². The second-order valence-electron chi connectivity index (χ2n) is 4.02. The molecule has 0 bridgehead atoms. The summed E-state index contributed by atoms with van der Waals surface area (Å²) in [5, 5.41) is 6.44. The van der Waals surface area contributed by atoms with Gasteiger partial charge >= 0.3 is 0 Å². The van der Waals surface area contributed by atoms with Crippen molar-refractivity contribution >= 4 is 0 Å². The first-order valence-electron chi connectivity index (χ1n) is 3.98. The summed E-state index contributed by atoms with van der Waals surface area (Å²) in [6.07, 6.45) is 0. The summed E-state index contributed by atoms with van der Waals surface area (Å²) in [5.74, 6) is 0. The van der Waals surface area contributed by atoms with Crippen molar-refractivity contribution in [1.29, 1.82) is 0 Å². The Kier molecular flexibility index (Phi) is 2.04. The molecule has 0 aliphatic rings. The Hall–Kier alpha value is -1.12. The fourth-order valence-electron chi connectivity index (χ4n) is 0.886. The Labute approximate surface area is 71.8 Å². The molecule has 0 fully saturated rings. The van der Waals surface area contributed by atoms with Gasteiger partial charge in [-0.3, -0.25) is 4.79 Å². The summed E-state index contributed by atoms with van der Waals surface area (Å²) >= 11 is 0. The molecule has 0 saturated carbocycles. The van der Waals surface area contributed by atoms with Crippen LogP contribution in [0.25, 0.3) is 0 Å². The smallest absolute Gasteiger partial charge is 0.267 e. The van der Waals surface area contributed by atoms with Crippen LogP contribution in [-0.2, 0) is 5.41 Å². The average Bonchev–Trinajstić information content (AvgIpc) is 1.92. The number of H-pyrrole nitrogens is 1. The maximum absolute atomic E-state index is 11.0. The molecule has 0 unspecified atom stereocenters. The van der Waals surface area contributed by atoms with E-state index in [-0.39, 0.29) is 11.0 Å². The van der Waals surface area contributed by atoms with Crippen LogP contribution < -0.4 is 5.56 Å². The van der Waals surface area contributed by atoms with Gasteiger partial charge in [0.25, 0.3) is 5.56 Å². The summed E-state index contributed by atoms with van der Waals surface area (Å²) in [6, 6.07) is 1.83. The molecule has 1 N–H and O–H groups in total. The van der Waals surface area contributed by atoms with E-state index in [0.717, 1.165) is 11.3 Å². The zero-order chi connectivity index (χ0) is 9.35. The molecule has 0 amide bonds. The Morgan fingerprint density at radius 1 is 1.42 bits per heavy atom. The molecule has 1 aromatic rings.